The van der Waals surface area contributed by atoms with Gasteiger partial charge in [-0.15, -0.1) is 5.10 Å². The average Bonchev–Trinajstić information content (AvgIpc) is 2.74. The minimum Gasteiger partial charge on any atom is -0.322 e. The standard InChI is InChI=1S/C10H6BrN5O/c11-10-13-5-16(15-10)9-6-1-2-8(17)14-7(6)3-4-12-9/h1-5H,(H,14,17). The van der Waals surface area contributed by atoms with Crippen LogP contribution >= 0.6 is 15.9 Å². The summed E-state index contributed by atoms with van der Waals surface area (Å²) in [5.41, 5.74) is 0.573. The highest BCUT2D eigenvalue weighted by atomic mass is 79.9. The fourth-order valence-electron chi connectivity index (χ4n) is 1.60. The third-order valence-electron chi connectivity index (χ3n) is 2.31. The number of rotatable bonds is 1. The summed E-state index contributed by atoms with van der Waals surface area (Å²) in [5, 5.41) is 4.93. The number of H-pyrrole nitrogens is 1. The number of hydrogen-bond acceptors (Lipinski definition) is 4. The van der Waals surface area contributed by atoms with Crippen LogP contribution in [0.1, 0.15) is 0 Å². The van der Waals surface area contributed by atoms with Gasteiger partial charge in [0.05, 0.1) is 5.52 Å². The molecule has 6 nitrogen and oxygen atoms in total. The second-order valence-corrected chi connectivity index (χ2v) is 4.09. The summed E-state index contributed by atoms with van der Waals surface area (Å²) < 4.78 is 2.03. The number of nitrogens with zero attached hydrogens (tertiary/aromatic N) is 4. The molecule has 84 valence electrons. The van der Waals surface area contributed by atoms with E-state index in [9.17, 15) is 4.79 Å². The van der Waals surface area contributed by atoms with Gasteiger partial charge in [0.15, 0.2) is 5.82 Å². The lowest BCUT2D eigenvalue weighted by Crippen LogP contribution is -2.05. The Morgan fingerprint density at radius 1 is 1.24 bits per heavy atom. The first-order valence-electron chi connectivity index (χ1n) is 4.79. The van der Waals surface area contributed by atoms with Crippen LogP contribution in [0.15, 0.2) is 40.3 Å². The van der Waals surface area contributed by atoms with E-state index < -0.39 is 0 Å². The summed E-state index contributed by atoms with van der Waals surface area (Å²) >= 11 is 3.18. The number of aromatic nitrogens is 5. The van der Waals surface area contributed by atoms with Crippen molar-refractivity contribution >= 4 is 26.8 Å². The maximum Gasteiger partial charge on any atom is 0.248 e. The van der Waals surface area contributed by atoms with Gasteiger partial charge in [0, 0.05) is 17.6 Å². The third-order valence-corrected chi connectivity index (χ3v) is 2.67. The molecule has 17 heavy (non-hydrogen) atoms. The van der Waals surface area contributed by atoms with E-state index in [4.69, 9.17) is 0 Å². The fraction of sp³-hybridized carbons (Fsp3) is 0. The number of hydrogen-bond donors (Lipinski definition) is 1. The van der Waals surface area contributed by atoms with Gasteiger partial charge < -0.3 is 4.98 Å². The van der Waals surface area contributed by atoms with Crippen LogP contribution in [0.5, 0.6) is 0 Å². The Hall–Kier alpha value is -2.02. The zero-order valence-electron chi connectivity index (χ0n) is 8.46. The number of pyridine rings is 2. The number of halogens is 1. The first kappa shape index (κ1) is 10.2. The molecule has 0 aliphatic rings. The van der Waals surface area contributed by atoms with Crippen molar-refractivity contribution in [3.8, 4) is 5.82 Å². The van der Waals surface area contributed by atoms with Crippen LogP contribution in [-0.4, -0.2) is 24.7 Å². The molecule has 0 fully saturated rings. The molecule has 0 saturated carbocycles. The Balaban J connectivity index is 2.33. The predicted molar refractivity (Wildman–Crippen MR) is 65.0 cm³/mol. The molecule has 3 rings (SSSR count). The topological polar surface area (TPSA) is 76.5 Å². The van der Waals surface area contributed by atoms with Crippen LogP contribution in [0.3, 0.4) is 0 Å². The van der Waals surface area contributed by atoms with Gasteiger partial charge in [-0.1, -0.05) is 0 Å². The van der Waals surface area contributed by atoms with Crippen molar-refractivity contribution in [2.45, 2.75) is 0 Å². The monoisotopic (exact) mass is 291 g/mol. The maximum absolute atomic E-state index is 11.2. The summed E-state index contributed by atoms with van der Waals surface area (Å²) in [6.45, 7) is 0. The molecular formula is C10H6BrN5O. The summed E-state index contributed by atoms with van der Waals surface area (Å²) in [6, 6.07) is 4.91. The van der Waals surface area contributed by atoms with E-state index in [2.05, 4.69) is 36.0 Å². The number of nitrogens with one attached hydrogen (secondary N) is 1. The first-order valence-corrected chi connectivity index (χ1v) is 5.59. The van der Waals surface area contributed by atoms with Crippen molar-refractivity contribution in [1.82, 2.24) is 24.7 Å². The van der Waals surface area contributed by atoms with Crippen LogP contribution in [0.4, 0.5) is 0 Å². The van der Waals surface area contributed by atoms with Gasteiger partial charge >= 0.3 is 0 Å². The molecule has 3 aromatic heterocycles. The molecule has 3 aromatic rings. The lowest BCUT2D eigenvalue weighted by Gasteiger charge is -2.03. The second-order valence-electron chi connectivity index (χ2n) is 3.38. The molecule has 1 N–H and O–H groups in total. The molecule has 0 bridgehead atoms. The van der Waals surface area contributed by atoms with Crippen molar-refractivity contribution in [1.29, 1.82) is 0 Å². The maximum atomic E-state index is 11.2. The van der Waals surface area contributed by atoms with E-state index in [1.54, 1.807) is 29.3 Å². The lowest BCUT2D eigenvalue weighted by atomic mass is 10.2. The largest absolute Gasteiger partial charge is 0.322 e. The minimum absolute atomic E-state index is 0.144. The van der Waals surface area contributed by atoms with Crippen LogP contribution in [0.25, 0.3) is 16.7 Å². The molecule has 0 amide bonds. The number of fused-ring (bicyclic) bond motifs is 1. The predicted octanol–water partition coefficient (Wildman–Crippen LogP) is 1.27. The zero-order valence-corrected chi connectivity index (χ0v) is 10.0. The van der Waals surface area contributed by atoms with E-state index in [-0.39, 0.29) is 5.56 Å². The Labute approximate surface area is 103 Å². The highest BCUT2D eigenvalue weighted by Gasteiger charge is 2.06. The van der Waals surface area contributed by atoms with Gasteiger partial charge in [-0.25, -0.2) is 14.6 Å². The minimum atomic E-state index is -0.144. The van der Waals surface area contributed by atoms with Crippen molar-refractivity contribution < 1.29 is 0 Å². The van der Waals surface area contributed by atoms with Crippen molar-refractivity contribution in [3.05, 3.63) is 45.8 Å². The van der Waals surface area contributed by atoms with E-state index in [1.807, 2.05) is 0 Å². The molecular weight excluding hydrogens is 286 g/mol. The highest BCUT2D eigenvalue weighted by molar-refractivity contribution is 9.10. The Kier molecular flexibility index (Phi) is 2.25. The van der Waals surface area contributed by atoms with Crippen molar-refractivity contribution in [3.63, 3.8) is 0 Å². The molecule has 0 aliphatic carbocycles. The molecule has 0 unspecified atom stereocenters. The van der Waals surface area contributed by atoms with Crippen LogP contribution in [0.2, 0.25) is 0 Å². The molecule has 0 atom stereocenters. The van der Waals surface area contributed by atoms with Gasteiger partial charge in [-0.3, -0.25) is 4.79 Å². The molecule has 0 aliphatic heterocycles. The lowest BCUT2D eigenvalue weighted by molar-refractivity contribution is 0.846. The Morgan fingerprint density at radius 2 is 2.12 bits per heavy atom. The molecule has 3 heterocycles. The van der Waals surface area contributed by atoms with Gasteiger partial charge in [-0.2, -0.15) is 0 Å². The van der Waals surface area contributed by atoms with Crippen LogP contribution in [-0.2, 0) is 0 Å². The third kappa shape index (κ3) is 1.74. The normalized spacial score (nSPS) is 10.9. The quantitative estimate of drug-likeness (QED) is 0.732. The van der Waals surface area contributed by atoms with Crippen LogP contribution < -0.4 is 5.56 Å². The Morgan fingerprint density at radius 3 is 2.88 bits per heavy atom. The SMILES string of the molecule is O=c1ccc2c(-n3cnc(Br)n3)nccc2[nH]1. The Bertz CT molecular complexity index is 748. The molecule has 0 saturated heterocycles. The van der Waals surface area contributed by atoms with Gasteiger partial charge in [0.25, 0.3) is 0 Å². The van der Waals surface area contributed by atoms with E-state index in [1.165, 1.54) is 6.07 Å². The van der Waals surface area contributed by atoms with Gasteiger partial charge in [0.2, 0.25) is 10.3 Å². The summed E-state index contributed by atoms with van der Waals surface area (Å²) in [4.78, 5) is 22.2. The fourth-order valence-corrected chi connectivity index (χ4v) is 1.86. The van der Waals surface area contributed by atoms with Crippen molar-refractivity contribution in [2.24, 2.45) is 0 Å². The van der Waals surface area contributed by atoms with E-state index in [0.29, 0.717) is 16.1 Å². The smallest absolute Gasteiger partial charge is 0.248 e. The van der Waals surface area contributed by atoms with Gasteiger partial charge in [0.1, 0.15) is 6.33 Å². The summed E-state index contributed by atoms with van der Waals surface area (Å²) in [6.07, 6.45) is 3.17. The average molecular weight is 292 g/mol. The molecule has 0 spiro atoms. The summed E-state index contributed by atoms with van der Waals surface area (Å²) in [5.74, 6) is 0.622. The first-order chi connectivity index (χ1) is 8.24. The van der Waals surface area contributed by atoms with E-state index >= 15 is 0 Å². The van der Waals surface area contributed by atoms with E-state index in [0.717, 1.165) is 5.39 Å². The highest BCUT2D eigenvalue weighted by Crippen LogP contribution is 2.16. The zero-order chi connectivity index (χ0) is 11.8. The molecule has 0 aromatic carbocycles. The second kappa shape index (κ2) is 3.77. The summed E-state index contributed by atoms with van der Waals surface area (Å²) in [7, 11) is 0. The van der Waals surface area contributed by atoms with Crippen molar-refractivity contribution in [2.75, 3.05) is 0 Å². The van der Waals surface area contributed by atoms with Crippen LogP contribution in [0, 0.1) is 0 Å². The number of aromatic amines is 1. The van der Waals surface area contributed by atoms with Gasteiger partial charge in [-0.05, 0) is 28.1 Å². The molecule has 0 radical (unpaired) electrons. The molecule has 7 heteroatoms.